The minimum Gasteiger partial charge on any atom is -0.335 e. The van der Waals surface area contributed by atoms with Gasteiger partial charge in [-0.15, -0.1) is 0 Å². The average molecular weight is 197 g/mol. The number of rotatable bonds is 3. The molecule has 0 saturated carbocycles. The molecular weight excluding hydrogens is 183 g/mol. The second kappa shape index (κ2) is 4.48. The highest BCUT2D eigenvalue weighted by atomic mass is 19.4. The number of hydrogen-bond acceptors (Lipinski definition) is 1. The molecule has 0 radical (unpaired) electrons. The molecule has 0 unspecified atom stereocenters. The Bertz CT molecular complexity index is 177. The largest absolute Gasteiger partial charge is 0.471 e. The SMILES string of the molecule is CCN(CC(C)C)C(=O)C(F)(F)F. The third-order valence-corrected chi connectivity index (χ3v) is 1.50. The van der Waals surface area contributed by atoms with Gasteiger partial charge in [0.1, 0.15) is 0 Å². The molecule has 0 aliphatic heterocycles. The van der Waals surface area contributed by atoms with Crippen molar-refractivity contribution in [3.8, 4) is 0 Å². The molecule has 5 heteroatoms. The van der Waals surface area contributed by atoms with Crippen LogP contribution in [0.5, 0.6) is 0 Å². The zero-order valence-corrected chi connectivity index (χ0v) is 7.98. The minimum atomic E-state index is -4.75. The summed E-state index contributed by atoms with van der Waals surface area (Å²) in [5, 5.41) is 0. The van der Waals surface area contributed by atoms with Crippen molar-refractivity contribution in [2.45, 2.75) is 26.9 Å². The lowest BCUT2D eigenvalue weighted by molar-refractivity contribution is -0.185. The van der Waals surface area contributed by atoms with Crippen molar-refractivity contribution in [2.75, 3.05) is 13.1 Å². The number of hydrogen-bond donors (Lipinski definition) is 0. The summed E-state index contributed by atoms with van der Waals surface area (Å²) in [5.74, 6) is -1.70. The number of alkyl halides is 3. The van der Waals surface area contributed by atoms with Crippen molar-refractivity contribution in [1.29, 1.82) is 0 Å². The van der Waals surface area contributed by atoms with Gasteiger partial charge in [-0.3, -0.25) is 4.79 Å². The van der Waals surface area contributed by atoms with E-state index in [-0.39, 0.29) is 19.0 Å². The van der Waals surface area contributed by atoms with Crippen molar-refractivity contribution in [1.82, 2.24) is 4.90 Å². The first-order valence-electron chi connectivity index (χ1n) is 4.15. The predicted octanol–water partition coefficient (Wildman–Crippen LogP) is 2.05. The molecule has 0 aliphatic rings. The highest BCUT2D eigenvalue weighted by molar-refractivity contribution is 5.81. The molecule has 0 N–H and O–H groups in total. The van der Waals surface area contributed by atoms with E-state index in [0.717, 1.165) is 4.90 Å². The Morgan fingerprint density at radius 2 is 1.85 bits per heavy atom. The molecule has 0 aromatic carbocycles. The first-order valence-corrected chi connectivity index (χ1v) is 4.15. The maximum Gasteiger partial charge on any atom is 0.471 e. The van der Waals surface area contributed by atoms with Gasteiger partial charge in [-0.25, -0.2) is 0 Å². The summed E-state index contributed by atoms with van der Waals surface area (Å²) in [4.78, 5) is 11.5. The number of nitrogens with zero attached hydrogens (tertiary/aromatic N) is 1. The first-order chi connectivity index (χ1) is 5.79. The van der Waals surface area contributed by atoms with Crippen LogP contribution >= 0.6 is 0 Å². The molecule has 0 bridgehead atoms. The van der Waals surface area contributed by atoms with Crippen LogP contribution in [0.3, 0.4) is 0 Å². The monoisotopic (exact) mass is 197 g/mol. The molecule has 0 aromatic rings. The molecule has 0 rings (SSSR count). The van der Waals surface area contributed by atoms with Crippen LogP contribution in [0.2, 0.25) is 0 Å². The fraction of sp³-hybridized carbons (Fsp3) is 0.875. The summed E-state index contributed by atoms with van der Waals surface area (Å²) in [5.41, 5.74) is 0. The van der Waals surface area contributed by atoms with Crippen LogP contribution in [-0.4, -0.2) is 30.1 Å². The molecular formula is C8H14F3NO. The second-order valence-corrected chi connectivity index (χ2v) is 3.24. The van der Waals surface area contributed by atoms with Crippen LogP contribution in [0.1, 0.15) is 20.8 Å². The normalized spacial score (nSPS) is 11.9. The number of halogens is 3. The van der Waals surface area contributed by atoms with E-state index in [1.807, 2.05) is 0 Å². The third kappa shape index (κ3) is 4.15. The van der Waals surface area contributed by atoms with Gasteiger partial charge in [0.15, 0.2) is 0 Å². The standard InChI is InChI=1S/C8H14F3NO/c1-4-12(5-6(2)3)7(13)8(9,10)11/h6H,4-5H2,1-3H3. The Balaban J connectivity index is 4.33. The lowest BCUT2D eigenvalue weighted by Crippen LogP contribution is -2.42. The van der Waals surface area contributed by atoms with Gasteiger partial charge in [0.05, 0.1) is 0 Å². The lowest BCUT2D eigenvalue weighted by Gasteiger charge is -2.23. The van der Waals surface area contributed by atoms with E-state index in [1.165, 1.54) is 6.92 Å². The number of amides is 1. The van der Waals surface area contributed by atoms with Gasteiger partial charge in [-0.2, -0.15) is 13.2 Å². The fourth-order valence-corrected chi connectivity index (χ4v) is 0.976. The van der Waals surface area contributed by atoms with E-state index in [0.29, 0.717) is 0 Å². The van der Waals surface area contributed by atoms with Gasteiger partial charge in [-0.1, -0.05) is 13.8 Å². The third-order valence-electron chi connectivity index (χ3n) is 1.50. The van der Waals surface area contributed by atoms with E-state index in [4.69, 9.17) is 0 Å². The summed E-state index contributed by atoms with van der Waals surface area (Å²) in [6, 6.07) is 0. The van der Waals surface area contributed by atoms with Gasteiger partial charge in [-0.05, 0) is 12.8 Å². The molecule has 0 heterocycles. The van der Waals surface area contributed by atoms with Crippen LogP contribution < -0.4 is 0 Å². The van der Waals surface area contributed by atoms with Crippen molar-refractivity contribution in [2.24, 2.45) is 5.92 Å². The molecule has 0 saturated heterocycles. The van der Waals surface area contributed by atoms with Crippen LogP contribution in [0, 0.1) is 5.92 Å². The van der Waals surface area contributed by atoms with Crippen LogP contribution in [0.15, 0.2) is 0 Å². The second-order valence-electron chi connectivity index (χ2n) is 3.24. The summed E-state index contributed by atoms with van der Waals surface area (Å²) < 4.78 is 35.8. The molecule has 0 fully saturated rings. The van der Waals surface area contributed by atoms with E-state index in [2.05, 4.69) is 0 Å². The minimum absolute atomic E-state index is 0.0475. The molecule has 13 heavy (non-hydrogen) atoms. The quantitative estimate of drug-likeness (QED) is 0.678. The van der Waals surface area contributed by atoms with Gasteiger partial charge < -0.3 is 4.90 Å². The molecule has 0 atom stereocenters. The highest BCUT2D eigenvalue weighted by Crippen LogP contribution is 2.18. The Hall–Kier alpha value is -0.740. The molecule has 0 aliphatic carbocycles. The maximum atomic E-state index is 11.9. The van der Waals surface area contributed by atoms with Crippen molar-refractivity contribution in [3.63, 3.8) is 0 Å². The van der Waals surface area contributed by atoms with Gasteiger partial charge >= 0.3 is 12.1 Å². The Labute approximate surface area is 75.7 Å². The average Bonchev–Trinajstić information content (AvgIpc) is 1.96. The Morgan fingerprint density at radius 3 is 2.08 bits per heavy atom. The summed E-state index contributed by atoms with van der Waals surface area (Å²) in [6.45, 7) is 5.32. The fourth-order valence-electron chi connectivity index (χ4n) is 0.976. The Morgan fingerprint density at radius 1 is 1.38 bits per heavy atom. The Kier molecular flexibility index (Phi) is 4.23. The van der Waals surface area contributed by atoms with Gasteiger partial charge in [0.25, 0.3) is 0 Å². The van der Waals surface area contributed by atoms with Crippen LogP contribution in [0.25, 0.3) is 0 Å². The molecule has 78 valence electrons. The first kappa shape index (κ1) is 12.3. The maximum absolute atomic E-state index is 11.9. The van der Waals surface area contributed by atoms with Gasteiger partial charge in [0.2, 0.25) is 0 Å². The topological polar surface area (TPSA) is 20.3 Å². The highest BCUT2D eigenvalue weighted by Gasteiger charge is 2.41. The summed E-state index contributed by atoms with van der Waals surface area (Å²) in [6.07, 6.45) is -4.75. The van der Waals surface area contributed by atoms with Crippen molar-refractivity contribution in [3.05, 3.63) is 0 Å². The molecule has 1 amide bonds. The van der Waals surface area contributed by atoms with E-state index in [1.54, 1.807) is 13.8 Å². The van der Waals surface area contributed by atoms with Crippen molar-refractivity contribution >= 4 is 5.91 Å². The van der Waals surface area contributed by atoms with E-state index < -0.39 is 12.1 Å². The zero-order valence-electron chi connectivity index (χ0n) is 7.98. The number of carbonyl (C=O) groups is 1. The lowest BCUT2D eigenvalue weighted by atomic mass is 10.2. The summed E-state index contributed by atoms with van der Waals surface area (Å²) in [7, 11) is 0. The zero-order chi connectivity index (χ0) is 10.6. The molecule has 2 nitrogen and oxygen atoms in total. The van der Waals surface area contributed by atoms with E-state index in [9.17, 15) is 18.0 Å². The summed E-state index contributed by atoms with van der Waals surface area (Å²) >= 11 is 0. The molecule has 0 spiro atoms. The van der Waals surface area contributed by atoms with Crippen LogP contribution in [-0.2, 0) is 4.79 Å². The van der Waals surface area contributed by atoms with E-state index >= 15 is 0 Å². The predicted molar refractivity (Wildman–Crippen MR) is 43.1 cm³/mol. The van der Waals surface area contributed by atoms with Crippen LogP contribution in [0.4, 0.5) is 13.2 Å². The van der Waals surface area contributed by atoms with Crippen molar-refractivity contribution < 1.29 is 18.0 Å². The number of carbonyl (C=O) groups excluding carboxylic acids is 1. The smallest absolute Gasteiger partial charge is 0.335 e. The molecule has 0 aromatic heterocycles. The van der Waals surface area contributed by atoms with Gasteiger partial charge in [0, 0.05) is 13.1 Å².